The molecule has 0 saturated heterocycles. The van der Waals surface area contributed by atoms with Gasteiger partial charge in [-0.1, -0.05) is 0 Å². The summed E-state index contributed by atoms with van der Waals surface area (Å²) in [5, 5.41) is 6.85. The summed E-state index contributed by atoms with van der Waals surface area (Å²) in [6.45, 7) is 0.155. The van der Waals surface area contributed by atoms with Crippen LogP contribution in [-0.4, -0.2) is 43.0 Å². The van der Waals surface area contributed by atoms with Gasteiger partial charge in [0.1, 0.15) is 4.90 Å². The zero-order valence-electron chi connectivity index (χ0n) is 14.7. The number of carbonyl (C=O) groups excluding carboxylic acids is 1. The summed E-state index contributed by atoms with van der Waals surface area (Å²) < 4.78 is 39.4. The van der Waals surface area contributed by atoms with E-state index in [1.807, 2.05) is 0 Å². The number of rotatable bonds is 5. The first-order chi connectivity index (χ1) is 12.9. The van der Waals surface area contributed by atoms with Crippen molar-refractivity contribution in [1.29, 1.82) is 0 Å². The number of fused-ring (bicyclic) bond motifs is 1. The second kappa shape index (κ2) is 6.86. The lowest BCUT2D eigenvalue weighted by atomic mass is 10.1. The summed E-state index contributed by atoms with van der Waals surface area (Å²) in [5.74, 6) is 0.961. The van der Waals surface area contributed by atoms with Gasteiger partial charge in [-0.3, -0.25) is 9.48 Å². The van der Waals surface area contributed by atoms with Crippen LogP contribution in [0.1, 0.15) is 29.6 Å². The highest BCUT2D eigenvalue weighted by Gasteiger charge is 2.30. The Labute approximate surface area is 156 Å². The topological polar surface area (TPSA) is 112 Å². The Hall–Kier alpha value is -2.59. The minimum absolute atomic E-state index is 0.0930. The molecule has 1 aromatic carbocycles. The average Bonchev–Trinajstić information content (AvgIpc) is 3.35. The maximum Gasteiger partial charge on any atom is 0.251 e. The molecule has 10 heteroatoms. The van der Waals surface area contributed by atoms with Crippen LogP contribution in [0.4, 0.5) is 0 Å². The molecule has 1 amide bonds. The first-order valence-corrected chi connectivity index (χ1v) is 10.1. The highest BCUT2D eigenvalue weighted by molar-refractivity contribution is 7.89. The van der Waals surface area contributed by atoms with Crippen LogP contribution >= 0.6 is 0 Å². The van der Waals surface area contributed by atoms with Gasteiger partial charge in [-0.2, -0.15) is 5.10 Å². The van der Waals surface area contributed by atoms with Crippen molar-refractivity contribution in [3.05, 3.63) is 36.2 Å². The minimum atomic E-state index is -3.61. The highest BCUT2D eigenvalue weighted by atomic mass is 32.2. The van der Waals surface area contributed by atoms with Gasteiger partial charge in [0.25, 0.3) is 5.91 Å². The number of carbonyl (C=O) groups is 1. The Kier molecular flexibility index (Phi) is 4.52. The average molecular weight is 392 g/mol. The number of benzene rings is 1. The molecule has 0 unspecified atom stereocenters. The van der Waals surface area contributed by atoms with Crippen molar-refractivity contribution in [3.63, 3.8) is 0 Å². The van der Waals surface area contributed by atoms with E-state index in [2.05, 4.69) is 15.1 Å². The number of nitrogens with zero attached hydrogens (tertiary/aromatic N) is 2. The van der Waals surface area contributed by atoms with Gasteiger partial charge >= 0.3 is 0 Å². The van der Waals surface area contributed by atoms with E-state index in [4.69, 9.17) is 9.47 Å². The van der Waals surface area contributed by atoms with Crippen molar-refractivity contribution in [1.82, 2.24) is 19.8 Å². The molecule has 1 aliphatic carbocycles. The number of hydrogen-bond acceptors (Lipinski definition) is 6. The molecular formula is C17H20N4O5S. The molecule has 2 aromatic rings. The molecule has 9 nitrogen and oxygen atoms in total. The fourth-order valence-electron chi connectivity index (χ4n) is 3.35. The number of sulfonamides is 1. The predicted octanol–water partition coefficient (Wildman–Crippen LogP) is 0.778. The third-order valence-corrected chi connectivity index (χ3v) is 6.19. The van der Waals surface area contributed by atoms with Gasteiger partial charge in [-0.15, -0.1) is 0 Å². The van der Waals surface area contributed by atoms with Crippen molar-refractivity contribution in [3.8, 4) is 11.5 Å². The second-order valence-electron chi connectivity index (χ2n) is 6.72. The maximum atomic E-state index is 12.5. The molecule has 2 aliphatic rings. The predicted molar refractivity (Wildman–Crippen MR) is 95.0 cm³/mol. The van der Waals surface area contributed by atoms with Crippen LogP contribution in [0.15, 0.2) is 35.5 Å². The molecule has 0 spiro atoms. The van der Waals surface area contributed by atoms with E-state index >= 15 is 0 Å². The van der Waals surface area contributed by atoms with E-state index in [1.54, 1.807) is 25.2 Å². The summed E-state index contributed by atoms with van der Waals surface area (Å²) in [7, 11) is -1.95. The Balaban J connectivity index is 1.35. The van der Waals surface area contributed by atoms with Crippen LogP contribution in [-0.2, 0) is 17.1 Å². The van der Waals surface area contributed by atoms with Crippen LogP contribution in [0.2, 0.25) is 0 Å². The summed E-state index contributed by atoms with van der Waals surface area (Å²) >= 11 is 0. The lowest BCUT2D eigenvalue weighted by Gasteiger charge is -2.14. The van der Waals surface area contributed by atoms with Gasteiger partial charge in [0.05, 0.1) is 6.20 Å². The second-order valence-corrected chi connectivity index (χ2v) is 8.43. The molecular weight excluding hydrogens is 372 g/mol. The third kappa shape index (κ3) is 3.76. The van der Waals surface area contributed by atoms with Crippen LogP contribution in [0.3, 0.4) is 0 Å². The Morgan fingerprint density at radius 2 is 2.00 bits per heavy atom. The molecule has 1 fully saturated rings. The van der Waals surface area contributed by atoms with Crippen molar-refractivity contribution in [2.75, 3.05) is 6.79 Å². The highest BCUT2D eigenvalue weighted by Crippen LogP contribution is 2.32. The fraction of sp³-hybridized carbons (Fsp3) is 0.412. The molecule has 1 aliphatic heterocycles. The summed E-state index contributed by atoms with van der Waals surface area (Å²) in [4.78, 5) is 12.6. The van der Waals surface area contributed by atoms with Crippen molar-refractivity contribution in [2.45, 2.75) is 36.2 Å². The minimum Gasteiger partial charge on any atom is -0.454 e. The number of amides is 1. The number of ether oxygens (including phenoxy) is 2. The molecule has 2 N–H and O–H groups in total. The molecule has 1 saturated carbocycles. The summed E-state index contributed by atoms with van der Waals surface area (Å²) in [5.41, 5.74) is 0.485. The number of aryl methyl sites for hydroxylation is 1. The molecule has 2 atom stereocenters. The van der Waals surface area contributed by atoms with E-state index in [0.717, 1.165) is 0 Å². The quantitative estimate of drug-likeness (QED) is 0.778. The Bertz CT molecular complexity index is 971. The monoisotopic (exact) mass is 392 g/mol. The third-order valence-electron chi connectivity index (χ3n) is 4.72. The van der Waals surface area contributed by atoms with Gasteiger partial charge < -0.3 is 14.8 Å². The Morgan fingerprint density at radius 3 is 2.78 bits per heavy atom. The molecule has 1 aromatic heterocycles. The molecule has 0 bridgehead atoms. The molecule has 144 valence electrons. The van der Waals surface area contributed by atoms with E-state index in [0.29, 0.717) is 36.3 Å². The fourth-order valence-corrected chi connectivity index (χ4v) is 4.62. The standard InChI is InChI=1S/C17H20N4O5S/c1-21-9-14(8-18-21)27(23,24)20-13-4-3-12(7-13)19-17(22)11-2-5-15-16(6-11)26-10-25-15/h2,5-6,8-9,12-13,20H,3-4,7,10H2,1H3,(H,19,22)/t12-,13+/m0/s1. The van der Waals surface area contributed by atoms with Crippen LogP contribution in [0, 0.1) is 0 Å². The van der Waals surface area contributed by atoms with Crippen LogP contribution in [0.5, 0.6) is 11.5 Å². The maximum absolute atomic E-state index is 12.5. The normalized spacial score (nSPS) is 21.4. The molecule has 0 radical (unpaired) electrons. The van der Waals surface area contributed by atoms with Gasteiger partial charge in [0.2, 0.25) is 16.8 Å². The van der Waals surface area contributed by atoms with Gasteiger partial charge in [-0.05, 0) is 37.5 Å². The van der Waals surface area contributed by atoms with Crippen molar-refractivity contribution < 1.29 is 22.7 Å². The van der Waals surface area contributed by atoms with E-state index in [-0.39, 0.29) is 29.7 Å². The first kappa shape index (κ1) is 17.8. The molecule has 4 rings (SSSR count). The lowest BCUT2D eigenvalue weighted by molar-refractivity contribution is 0.0937. The van der Waals surface area contributed by atoms with E-state index in [1.165, 1.54) is 17.1 Å². The van der Waals surface area contributed by atoms with Gasteiger partial charge in [0.15, 0.2) is 11.5 Å². The SMILES string of the molecule is Cn1cc(S(=O)(=O)N[C@@H]2CC[C@H](NC(=O)c3ccc4c(c3)OCO4)C2)cn1. The number of aromatic nitrogens is 2. The zero-order valence-corrected chi connectivity index (χ0v) is 15.5. The van der Waals surface area contributed by atoms with Crippen LogP contribution < -0.4 is 19.5 Å². The molecule has 2 heterocycles. The van der Waals surface area contributed by atoms with E-state index in [9.17, 15) is 13.2 Å². The largest absolute Gasteiger partial charge is 0.454 e. The number of hydrogen-bond donors (Lipinski definition) is 2. The summed E-state index contributed by atoms with van der Waals surface area (Å²) in [6, 6.07) is 4.72. The summed E-state index contributed by atoms with van der Waals surface area (Å²) in [6.07, 6.45) is 4.67. The zero-order chi connectivity index (χ0) is 19.0. The molecule has 27 heavy (non-hydrogen) atoms. The van der Waals surface area contributed by atoms with Crippen LogP contribution in [0.25, 0.3) is 0 Å². The lowest BCUT2D eigenvalue weighted by Crippen LogP contribution is -2.37. The van der Waals surface area contributed by atoms with Gasteiger partial charge in [-0.25, -0.2) is 13.1 Å². The van der Waals surface area contributed by atoms with Crippen molar-refractivity contribution in [2.24, 2.45) is 7.05 Å². The first-order valence-electron chi connectivity index (χ1n) is 8.62. The van der Waals surface area contributed by atoms with E-state index < -0.39 is 10.0 Å². The number of nitrogens with one attached hydrogen (secondary N) is 2. The Morgan fingerprint density at radius 1 is 1.22 bits per heavy atom. The smallest absolute Gasteiger partial charge is 0.251 e. The van der Waals surface area contributed by atoms with Gasteiger partial charge in [0, 0.05) is 30.9 Å². The van der Waals surface area contributed by atoms with Crippen molar-refractivity contribution >= 4 is 15.9 Å².